The molecule has 8 heteroatoms. The smallest absolute Gasteiger partial charge is 0.269 e. The van der Waals surface area contributed by atoms with Gasteiger partial charge < -0.3 is 24.8 Å². The maximum atomic E-state index is 10.5. The summed E-state index contributed by atoms with van der Waals surface area (Å²) in [6.45, 7) is -0.446. The molecule has 1 aliphatic heterocycles. The number of nitro benzene ring substituents is 1. The quantitative estimate of drug-likeness (QED) is 0.494. The maximum Gasteiger partial charge on any atom is 0.269 e. The van der Waals surface area contributed by atoms with Crippen LogP contribution in [-0.2, 0) is 4.74 Å². The number of non-ortho nitro benzene ring substituents is 1. The molecule has 4 atom stereocenters. The van der Waals surface area contributed by atoms with Gasteiger partial charge in [-0.25, -0.2) is 0 Å². The number of ether oxygens (including phenoxy) is 2. The fourth-order valence-corrected chi connectivity index (χ4v) is 1.74. The standard InChI is InChI=1S/C11H13NO7/c13-5-8-9(14)10(15)11(19-8)18-7-3-1-6(2-4-7)12(16)17/h1-4,8-11,13-15H,5H2/t8-,9-,10-,11+/m1/s1. The summed E-state index contributed by atoms with van der Waals surface area (Å²) in [4.78, 5) is 9.93. The van der Waals surface area contributed by atoms with E-state index in [0.717, 1.165) is 0 Å². The van der Waals surface area contributed by atoms with Crippen LogP contribution in [0.2, 0.25) is 0 Å². The zero-order chi connectivity index (χ0) is 14.0. The lowest BCUT2D eigenvalue weighted by atomic mass is 10.1. The van der Waals surface area contributed by atoms with Crippen LogP contribution in [0.4, 0.5) is 5.69 Å². The monoisotopic (exact) mass is 271 g/mol. The number of aliphatic hydroxyl groups is 3. The van der Waals surface area contributed by atoms with E-state index >= 15 is 0 Å². The van der Waals surface area contributed by atoms with Gasteiger partial charge in [-0.05, 0) is 12.1 Å². The van der Waals surface area contributed by atoms with E-state index in [4.69, 9.17) is 14.6 Å². The number of benzene rings is 1. The Morgan fingerprint density at radius 3 is 2.37 bits per heavy atom. The van der Waals surface area contributed by atoms with Crippen LogP contribution in [0.3, 0.4) is 0 Å². The topological polar surface area (TPSA) is 122 Å². The summed E-state index contributed by atoms with van der Waals surface area (Å²) in [6, 6.07) is 5.20. The summed E-state index contributed by atoms with van der Waals surface area (Å²) in [5.74, 6) is 0.250. The maximum absolute atomic E-state index is 10.5. The number of nitrogens with zero attached hydrogens (tertiary/aromatic N) is 1. The van der Waals surface area contributed by atoms with E-state index in [1.54, 1.807) is 0 Å². The summed E-state index contributed by atoms with van der Waals surface area (Å²) in [5, 5.41) is 38.5. The van der Waals surface area contributed by atoms with Crippen LogP contribution in [0.25, 0.3) is 0 Å². The van der Waals surface area contributed by atoms with Crippen molar-refractivity contribution in [3.63, 3.8) is 0 Å². The average Bonchev–Trinajstić information content (AvgIpc) is 2.67. The van der Waals surface area contributed by atoms with E-state index in [0.29, 0.717) is 0 Å². The lowest BCUT2D eigenvalue weighted by Gasteiger charge is -2.16. The van der Waals surface area contributed by atoms with Crippen molar-refractivity contribution < 1.29 is 29.7 Å². The Bertz CT molecular complexity index is 449. The van der Waals surface area contributed by atoms with Crippen molar-refractivity contribution in [1.29, 1.82) is 0 Å². The van der Waals surface area contributed by atoms with Crippen molar-refractivity contribution in [2.45, 2.75) is 24.6 Å². The number of aliphatic hydroxyl groups excluding tert-OH is 3. The van der Waals surface area contributed by atoms with E-state index in [-0.39, 0.29) is 11.4 Å². The van der Waals surface area contributed by atoms with Gasteiger partial charge in [0.1, 0.15) is 24.1 Å². The molecule has 0 aromatic heterocycles. The van der Waals surface area contributed by atoms with Crippen molar-refractivity contribution in [3.8, 4) is 5.75 Å². The van der Waals surface area contributed by atoms with Gasteiger partial charge in [0.05, 0.1) is 11.5 Å². The van der Waals surface area contributed by atoms with Crippen molar-refractivity contribution in [2.75, 3.05) is 6.61 Å². The molecule has 0 saturated carbocycles. The molecule has 0 spiro atoms. The molecule has 0 amide bonds. The molecule has 1 aromatic rings. The summed E-state index contributed by atoms with van der Waals surface area (Å²) in [6.07, 6.45) is -4.59. The number of nitro groups is 1. The fraction of sp³-hybridized carbons (Fsp3) is 0.455. The lowest BCUT2D eigenvalue weighted by Crippen LogP contribution is -2.35. The molecule has 2 rings (SSSR count). The molecule has 104 valence electrons. The number of hydrogen-bond donors (Lipinski definition) is 3. The second kappa shape index (κ2) is 5.49. The molecule has 1 heterocycles. The molecular weight excluding hydrogens is 258 g/mol. The van der Waals surface area contributed by atoms with E-state index in [1.807, 2.05) is 0 Å². The van der Waals surface area contributed by atoms with E-state index in [1.165, 1.54) is 24.3 Å². The van der Waals surface area contributed by atoms with Crippen LogP contribution in [0.1, 0.15) is 0 Å². The third-order valence-electron chi connectivity index (χ3n) is 2.80. The van der Waals surface area contributed by atoms with Gasteiger partial charge in [-0.3, -0.25) is 10.1 Å². The molecule has 1 aliphatic rings. The van der Waals surface area contributed by atoms with Crippen LogP contribution in [0, 0.1) is 10.1 Å². The molecule has 19 heavy (non-hydrogen) atoms. The Labute approximate surface area is 108 Å². The summed E-state index contributed by atoms with van der Waals surface area (Å²) >= 11 is 0. The first kappa shape index (κ1) is 13.7. The Morgan fingerprint density at radius 2 is 1.89 bits per heavy atom. The van der Waals surface area contributed by atoms with Crippen molar-refractivity contribution >= 4 is 5.69 Å². The van der Waals surface area contributed by atoms with Gasteiger partial charge in [-0.2, -0.15) is 0 Å². The predicted molar refractivity (Wildman–Crippen MR) is 61.5 cm³/mol. The fourth-order valence-electron chi connectivity index (χ4n) is 1.74. The first-order valence-corrected chi connectivity index (χ1v) is 5.56. The Morgan fingerprint density at radius 1 is 1.26 bits per heavy atom. The second-order valence-electron chi connectivity index (χ2n) is 4.08. The summed E-state index contributed by atoms with van der Waals surface area (Å²) in [7, 11) is 0. The summed E-state index contributed by atoms with van der Waals surface area (Å²) < 4.78 is 10.4. The SMILES string of the molecule is O=[N+]([O-])c1ccc(O[C@H]2O[C@H](CO)[C@@H](O)[C@H]2O)cc1. The highest BCUT2D eigenvalue weighted by Gasteiger charge is 2.43. The normalized spacial score (nSPS) is 30.3. The van der Waals surface area contributed by atoms with Crippen LogP contribution in [0.5, 0.6) is 5.75 Å². The molecule has 1 saturated heterocycles. The van der Waals surface area contributed by atoms with Gasteiger partial charge in [-0.15, -0.1) is 0 Å². The Kier molecular flexibility index (Phi) is 3.96. The van der Waals surface area contributed by atoms with Crippen LogP contribution >= 0.6 is 0 Å². The minimum Gasteiger partial charge on any atom is -0.462 e. The summed E-state index contributed by atoms with van der Waals surface area (Å²) in [5.41, 5.74) is -0.0893. The number of rotatable bonds is 4. The largest absolute Gasteiger partial charge is 0.462 e. The molecule has 0 radical (unpaired) electrons. The van der Waals surface area contributed by atoms with Gasteiger partial charge in [-0.1, -0.05) is 0 Å². The highest BCUT2D eigenvalue weighted by molar-refractivity contribution is 5.36. The first-order valence-electron chi connectivity index (χ1n) is 5.56. The molecule has 1 fully saturated rings. The molecule has 3 N–H and O–H groups in total. The van der Waals surface area contributed by atoms with Gasteiger partial charge in [0.25, 0.3) is 5.69 Å². The van der Waals surface area contributed by atoms with Gasteiger partial charge in [0, 0.05) is 12.1 Å². The Balaban J connectivity index is 2.03. The zero-order valence-electron chi connectivity index (χ0n) is 9.75. The van der Waals surface area contributed by atoms with Crippen molar-refractivity contribution in [3.05, 3.63) is 34.4 Å². The second-order valence-corrected chi connectivity index (χ2v) is 4.08. The molecule has 0 unspecified atom stereocenters. The van der Waals surface area contributed by atoms with E-state index in [2.05, 4.69) is 0 Å². The molecule has 0 aliphatic carbocycles. The molecule has 1 aromatic carbocycles. The minimum atomic E-state index is -1.30. The van der Waals surface area contributed by atoms with Crippen molar-refractivity contribution in [1.82, 2.24) is 0 Å². The third-order valence-corrected chi connectivity index (χ3v) is 2.80. The average molecular weight is 271 g/mol. The van der Waals surface area contributed by atoms with Crippen LogP contribution in [0.15, 0.2) is 24.3 Å². The zero-order valence-corrected chi connectivity index (χ0v) is 9.75. The predicted octanol–water partition coefficient (Wildman–Crippen LogP) is -0.587. The van der Waals surface area contributed by atoms with Crippen molar-refractivity contribution in [2.24, 2.45) is 0 Å². The van der Waals surface area contributed by atoms with Gasteiger partial charge >= 0.3 is 0 Å². The van der Waals surface area contributed by atoms with Gasteiger partial charge in [0.2, 0.25) is 6.29 Å². The first-order chi connectivity index (χ1) is 9.02. The molecule has 0 bridgehead atoms. The van der Waals surface area contributed by atoms with E-state index < -0.39 is 36.1 Å². The lowest BCUT2D eigenvalue weighted by molar-refractivity contribution is -0.384. The molecular formula is C11H13NO7. The molecule has 8 nitrogen and oxygen atoms in total. The van der Waals surface area contributed by atoms with E-state index in [9.17, 15) is 20.3 Å². The van der Waals surface area contributed by atoms with Crippen LogP contribution < -0.4 is 4.74 Å². The minimum absolute atomic E-state index is 0.0893. The third kappa shape index (κ3) is 2.82. The highest BCUT2D eigenvalue weighted by Crippen LogP contribution is 2.25. The highest BCUT2D eigenvalue weighted by atomic mass is 16.7. The Hall–Kier alpha value is -1.74. The number of hydrogen-bond acceptors (Lipinski definition) is 7. The van der Waals surface area contributed by atoms with Crippen LogP contribution in [-0.4, -0.2) is 51.5 Å². The van der Waals surface area contributed by atoms with Gasteiger partial charge in [0.15, 0.2) is 0 Å².